The van der Waals surface area contributed by atoms with Crippen molar-refractivity contribution in [2.24, 2.45) is 7.05 Å². The van der Waals surface area contributed by atoms with Gasteiger partial charge in [-0.25, -0.2) is 4.98 Å². The van der Waals surface area contributed by atoms with Crippen LogP contribution < -0.4 is 9.47 Å². The molecule has 100 valence electrons. The quantitative estimate of drug-likeness (QED) is 0.739. The molecular formula is C13H15N3O3. The molecule has 0 saturated carbocycles. The van der Waals surface area contributed by atoms with E-state index in [2.05, 4.69) is 10.1 Å². The van der Waals surface area contributed by atoms with E-state index in [1.54, 1.807) is 29.9 Å². The van der Waals surface area contributed by atoms with Gasteiger partial charge in [-0.1, -0.05) is 6.07 Å². The summed E-state index contributed by atoms with van der Waals surface area (Å²) in [4.78, 5) is 15.1. The van der Waals surface area contributed by atoms with Crippen LogP contribution in [0.3, 0.4) is 0 Å². The number of nitrogens with zero attached hydrogens (tertiary/aromatic N) is 3. The van der Waals surface area contributed by atoms with Crippen LogP contribution in [-0.4, -0.2) is 27.7 Å². The molecule has 6 nitrogen and oxygen atoms in total. The molecule has 0 amide bonds. The van der Waals surface area contributed by atoms with E-state index in [1.807, 2.05) is 6.92 Å². The van der Waals surface area contributed by atoms with Crippen molar-refractivity contribution in [2.45, 2.75) is 13.5 Å². The lowest BCUT2D eigenvalue weighted by atomic mass is 10.2. The van der Waals surface area contributed by atoms with Gasteiger partial charge in [0.25, 0.3) is 0 Å². The van der Waals surface area contributed by atoms with Gasteiger partial charge < -0.3 is 9.47 Å². The lowest BCUT2D eigenvalue weighted by molar-refractivity contribution is 0.111. The third kappa shape index (κ3) is 2.90. The summed E-state index contributed by atoms with van der Waals surface area (Å²) in [6, 6.07) is 5.20. The molecule has 0 atom stereocenters. The summed E-state index contributed by atoms with van der Waals surface area (Å²) in [6.07, 6.45) is 2.20. The predicted octanol–water partition coefficient (Wildman–Crippen LogP) is 1.61. The van der Waals surface area contributed by atoms with Gasteiger partial charge in [-0.3, -0.25) is 9.48 Å². The zero-order valence-corrected chi connectivity index (χ0v) is 10.9. The number of benzene rings is 1. The Morgan fingerprint density at radius 3 is 2.84 bits per heavy atom. The molecule has 0 saturated heterocycles. The zero-order chi connectivity index (χ0) is 13.7. The second-order valence-corrected chi connectivity index (χ2v) is 3.81. The van der Waals surface area contributed by atoms with E-state index in [0.29, 0.717) is 29.5 Å². The van der Waals surface area contributed by atoms with Gasteiger partial charge in [-0.2, -0.15) is 5.10 Å². The van der Waals surface area contributed by atoms with Gasteiger partial charge in [-0.15, -0.1) is 0 Å². The number of aldehydes is 1. The summed E-state index contributed by atoms with van der Waals surface area (Å²) >= 11 is 0. The van der Waals surface area contributed by atoms with Crippen molar-refractivity contribution < 1.29 is 14.3 Å². The molecule has 0 aliphatic carbocycles. The molecule has 0 fully saturated rings. The minimum absolute atomic E-state index is 0.224. The van der Waals surface area contributed by atoms with Crippen LogP contribution >= 0.6 is 0 Å². The van der Waals surface area contributed by atoms with E-state index < -0.39 is 0 Å². The van der Waals surface area contributed by atoms with E-state index in [-0.39, 0.29) is 6.61 Å². The van der Waals surface area contributed by atoms with Crippen LogP contribution in [-0.2, 0) is 13.7 Å². The Labute approximate surface area is 111 Å². The highest BCUT2D eigenvalue weighted by Crippen LogP contribution is 2.30. The summed E-state index contributed by atoms with van der Waals surface area (Å²) in [7, 11) is 1.78. The minimum Gasteiger partial charge on any atom is -0.490 e. The van der Waals surface area contributed by atoms with Crippen LogP contribution in [0, 0.1) is 0 Å². The summed E-state index contributed by atoms with van der Waals surface area (Å²) in [5.74, 6) is 1.65. The van der Waals surface area contributed by atoms with Gasteiger partial charge in [0.15, 0.2) is 23.6 Å². The van der Waals surface area contributed by atoms with Gasteiger partial charge in [0, 0.05) is 7.05 Å². The van der Waals surface area contributed by atoms with Gasteiger partial charge >= 0.3 is 0 Å². The van der Waals surface area contributed by atoms with Crippen molar-refractivity contribution in [2.75, 3.05) is 6.61 Å². The lowest BCUT2D eigenvalue weighted by Crippen LogP contribution is -2.07. The summed E-state index contributed by atoms with van der Waals surface area (Å²) < 4.78 is 12.7. The normalized spacial score (nSPS) is 10.2. The van der Waals surface area contributed by atoms with E-state index in [4.69, 9.17) is 9.47 Å². The molecule has 2 aromatic rings. The highest BCUT2D eigenvalue weighted by atomic mass is 16.5. The first-order valence-corrected chi connectivity index (χ1v) is 5.93. The number of ether oxygens (including phenoxy) is 2. The number of aromatic nitrogens is 3. The lowest BCUT2D eigenvalue weighted by Gasteiger charge is -2.13. The molecule has 0 unspecified atom stereocenters. The third-order valence-corrected chi connectivity index (χ3v) is 2.59. The number of rotatable bonds is 6. The molecule has 0 N–H and O–H groups in total. The molecule has 0 aliphatic rings. The Morgan fingerprint density at radius 2 is 2.21 bits per heavy atom. The van der Waals surface area contributed by atoms with Crippen LogP contribution in [0.2, 0.25) is 0 Å². The summed E-state index contributed by atoms with van der Waals surface area (Å²) in [5, 5.41) is 3.96. The molecule has 1 aromatic carbocycles. The minimum atomic E-state index is 0.224. The first-order valence-electron chi connectivity index (χ1n) is 5.93. The Kier molecular flexibility index (Phi) is 4.12. The standard InChI is InChI=1S/C13H15N3O3/c1-3-18-11-6-4-5-10(7-17)13(11)19-8-12-14-9-15-16(12)2/h4-7,9H,3,8H2,1-2H3. The van der Waals surface area contributed by atoms with Crippen molar-refractivity contribution in [3.05, 3.63) is 35.9 Å². The molecular weight excluding hydrogens is 246 g/mol. The first-order chi connectivity index (χ1) is 9.26. The van der Waals surface area contributed by atoms with E-state index in [9.17, 15) is 4.79 Å². The van der Waals surface area contributed by atoms with Crippen molar-refractivity contribution in [1.82, 2.24) is 14.8 Å². The first kappa shape index (κ1) is 13.1. The molecule has 0 aliphatic heterocycles. The number of hydrogen-bond acceptors (Lipinski definition) is 5. The Balaban J connectivity index is 2.22. The van der Waals surface area contributed by atoms with Gasteiger partial charge in [0.1, 0.15) is 12.9 Å². The largest absolute Gasteiger partial charge is 0.490 e. The highest BCUT2D eigenvalue weighted by Gasteiger charge is 2.12. The fraction of sp³-hybridized carbons (Fsp3) is 0.308. The summed E-state index contributed by atoms with van der Waals surface area (Å²) in [5.41, 5.74) is 0.452. The second-order valence-electron chi connectivity index (χ2n) is 3.81. The van der Waals surface area contributed by atoms with Crippen molar-refractivity contribution >= 4 is 6.29 Å². The average molecular weight is 261 g/mol. The molecule has 1 heterocycles. The van der Waals surface area contributed by atoms with Crippen molar-refractivity contribution in [1.29, 1.82) is 0 Å². The highest BCUT2D eigenvalue weighted by molar-refractivity contribution is 5.81. The fourth-order valence-corrected chi connectivity index (χ4v) is 1.64. The van der Waals surface area contributed by atoms with Gasteiger partial charge in [0.2, 0.25) is 0 Å². The van der Waals surface area contributed by atoms with Crippen LogP contribution in [0.25, 0.3) is 0 Å². The maximum absolute atomic E-state index is 11.0. The zero-order valence-electron chi connectivity index (χ0n) is 10.9. The number of hydrogen-bond donors (Lipinski definition) is 0. The van der Waals surface area contributed by atoms with Crippen molar-refractivity contribution in [3.63, 3.8) is 0 Å². The Bertz CT molecular complexity index is 566. The second kappa shape index (κ2) is 5.99. The monoisotopic (exact) mass is 261 g/mol. The van der Waals surface area contributed by atoms with E-state index >= 15 is 0 Å². The number of aryl methyl sites for hydroxylation is 1. The van der Waals surface area contributed by atoms with Crippen LogP contribution in [0.4, 0.5) is 0 Å². The SMILES string of the molecule is CCOc1cccc(C=O)c1OCc1ncnn1C. The van der Waals surface area contributed by atoms with E-state index in [1.165, 1.54) is 6.33 Å². The Morgan fingerprint density at radius 1 is 1.37 bits per heavy atom. The molecule has 1 aromatic heterocycles. The number of carbonyl (C=O) groups is 1. The maximum Gasteiger partial charge on any atom is 0.172 e. The molecule has 0 radical (unpaired) electrons. The average Bonchev–Trinajstić information content (AvgIpc) is 2.83. The molecule has 0 bridgehead atoms. The van der Waals surface area contributed by atoms with E-state index in [0.717, 1.165) is 6.29 Å². The fourth-order valence-electron chi connectivity index (χ4n) is 1.64. The number of carbonyl (C=O) groups excluding carboxylic acids is 1. The smallest absolute Gasteiger partial charge is 0.172 e. The van der Waals surface area contributed by atoms with Crippen LogP contribution in [0.5, 0.6) is 11.5 Å². The topological polar surface area (TPSA) is 66.2 Å². The molecule has 2 rings (SSSR count). The molecule has 19 heavy (non-hydrogen) atoms. The number of para-hydroxylation sites is 1. The Hall–Kier alpha value is -2.37. The maximum atomic E-state index is 11.0. The predicted molar refractivity (Wildman–Crippen MR) is 68.3 cm³/mol. The van der Waals surface area contributed by atoms with Crippen LogP contribution in [0.15, 0.2) is 24.5 Å². The van der Waals surface area contributed by atoms with Crippen molar-refractivity contribution in [3.8, 4) is 11.5 Å². The molecule has 6 heteroatoms. The van der Waals surface area contributed by atoms with Gasteiger partial charge in [0.05, 0.1) is 12.2 Å². The van der Waals surface area contributed by atoms with Gasteiger partial charge in [-0.05, 0) is 19.1 Å². The molecule has 0 spiro atoms. The third-order valence-electron chi connectivity index (χ3n) is 2.59. The summed E-state index contributed by atoms with van der Waals surface area (Å²) in [6.45, 7) is 2.60. The van der Waals surface area contributed by atoms with Crippen LogP contribution in [0.1, 0.15) is 23.1 Å².